The highest BCUT2D eigenvalue weighted by Crippen LogP contribution is 2.14. The zero-order chi connectivity index (χ0) is 13.2. The summed E-state index contributed by atoms with van der Waals surface area (Å²) in [6.45, 7) is 5.13. The second-order valence-electron chi connectivity index (χ2n) is 5.05. The standard InChI is InChI=1S/C13H15N6/c1-9(2)7-19-13(16-17-18-19)6-10-3-4-11-12(5-10)15-8-14-11/h3-5,9H,6-7H2,1-2H3,(H,14,15). The van der Waals surface area contributed by atoms with Gasteiger partial charge in [0.25, 0.3) is 0 Å². The van der Waals surface area contributed by atoms with Crippen molar-refractivity contribution >= 4 is 11.0 Å². The molecule has 0 atom stereocenters. The molecule has 0 saturated heterocycles. The summed E-state index contributed by atoms with van der Waals surface area (Å²) < 4.78 is 1.87. The van der Waals surface area contributed by atoms with Gasteiger partial charge in [0.1, 0.15) is 0 Å². The van der Waals surface area contributed by atoms with Gasteiger partial charge in [-0.25, -0.2) is 9.67 Å². The van der Waals surface area contributed by atoms with Gasteiger partial charge in [0.15, 0.2) is 12.2 Å². The molecule has 97 valence electrons. The predicted molar refractivity (Wildman–Crippen MR) is 70.4 cm³/mol. The predicted octanol–water partition coefficient (Wildman–Crippen LogP) is 1.60. The van der Waals surface area contributed by atoms with Crippen LogP contribution in [0.1, 0.15) is 25.2 Å². The monoisotopic (exact) mass is 255 g/mol. The fourth-order valence-electron chi connectivity index (χ4n) is 2.05. The van der Waals surface area contributed by atoms with Gasteiger partial charge in [0.05, 0.1) is 11.0 Å². The van der Waals surface area contributed by atoms with Crippen molar-refractivity contribution in [2.45, 2.75) is 26.8 Å². The Morgan fingerprint density at radius 3 is 3.11 bits per heavy atom. The summed E-state index contributed by atoms with van der Waals surface area (Å²) in [7, 11) is 0. The van der Waals surface area contributed by atoms with Crippen LogP contribution >= 0.6 is 0 Å². The van der Waals surface area contributed by atoms with E-state index in [1.165, 1.54) is 0 Å². The van der Waals surface area contributed by atoms with Crippen molar-refractivity contribution in [2.75, 3.05) is 0 Å². The van der Waals surface area contributed by atoms with Crippen molar-refractivity contribution in [1.29, 1.82) is 0 Å². The smallest absolute Gasteiger partial charge is 0.174 e. The van der Waals surface area contributed by atoms with Crippen LogP contribution in [0.2, 0.25) is 0 Å². The molecule has 0 unspecified atom stereocenters. The van der Waals surface area contributed by atoms with Crippen LogP contribution < -0.4 is 0 Å². The van der Waals surface area contributed by atoms with Gasteiger partial charge < -0.3 is 4.98 Å². The van der Waals surface area contributed by atoms with E-state index in [2.05, 4.69) is 51.7 Å². The molecule has 0 bridgehead atoms. The van der Waals surface area contributed by atoms with E-state index in [1.807, 2.05) is 16.8 Å². The van der Waals surface area contributed by atoms with Crippen LogP contribution in [-0.2, 0) is 13.0 Å². The lowest BCUT2D eigenvalue weighted by Crippen LogP contribution is -2.10. The molecular formula is C13H15N6. The molecular weight excluding hydrogens is 240 g/mol. The Morgan fingerprint density at radius 2 is 2.26 bits per heavy atom. The Balaban J connectivity index is 1.86. The number of hydrogen-bond acceptors (Lipinski definition) is 4. The van der Waals surface area contributed by atoms with E-state index >= 15 is 0 Å². The summed E-state index contributed by atoms with van der Waals surface area (Å²) in [5.41, 5.74) is 3.05. The maximum atomic E-state index is 4.14. The van der Waals surface area contributed by atoms with Gasteiger partial charge in [-0.2, -0.15) is 0 Å². The zero-order valence-electron chi connectivity index (χ0n) is 11.0. The number of hydrogen-bond donors (Lipinski definition) is 1. The highest BCUT2D eigenvalue weighted by Gasteiger charge is 2.09. The lowest BCUT2D eigenvalue weighted by atomic mass is 10.1. The summed E-state index contributed by atoms with van der Waals surface area (Å²) in [5.74, 6) is 1.40. The van der Waals surface area contributed by atoms with Gasteiger partial charge in [-0.15, -0.1) is 5.10 Å². The second kappa shape index (κ2) is 4.79. The molecule has 1 radical (unpaired) electrons. The van der Waals surface area contributed by atoms with Crippen molar-refractivity contribution in [3.05, 3.63) is 35.9 Å². The molecule has 6 nitrogen and oxygen atoms in total. The number of benzene rings is 1. The van der Waals surface area contributed by atoms with Crippen molar-refractivity contribution < 1.29 is 0 Å². The molecule has 0 aliphatic carbocycles. The minimum Gasteiger partial charge on any atom is -0.335 e. The van der Waals surface area contributed by atoms with E-state index in [0.717, 1.165) is 29.0 Å². The third kappa shape index (κ3) is 2.47. The summed E-state index contributed by atoms with van der Waals surface area (Å²) >= 11 is 0. The van der Waals surface area contributed by atoms with Crippen LogP contribution in [-0.4, -0.2) is 30.2 Å². The van der Waals surface area contributed by atoms with Crippen LogP contribution in [0.15, 0.2) is 18.2 Å². The molecule has 1 N–H and O–H groups in total. The lowest BCUT2D eigenvalue weighted by Gasteiger charge is -2.07. The minimum atomic E-state index is 0.519. The molecule has 2 aromatic heterocycles. The second-order valence-corrected chi connectivity index (χ2v) is 5.05. The molecule has 0 spiro atoms. The van der Waals surface area contributed by atoms with E-state index < -0.39 is 0 Å². The van der Waals surface area contributed by atoms with Crippen molar-refractivity contribution in [3.8, 4) is 0 Å². The highest BCUT2D eigenvalue weighted by atomic mass is 15.5. The molecule has 2 heterocycles. The van der Waals surface area contributed by atoms with Gasteiger partial charge in [0.2, 0.25) is 0 Å². The number of aromatic nitrogens is 6. The molecule has 0 aliphatic heterocycles. The van der Waals surface area contributed by atoms with Gasteiger partial charge in [0, 0.05) is 13.0 Å². The Labute approximate surface area is 110 Å². The fraction of sp³-hybridized carbons (Fsp3) is 0.385. The third-order valence-electron chi connectivity index (χ3n) is 2.94. The highest BCUT2D eigenvalue weighted by molar-refractivity contribution is 5.74. The Kier molecular flexibility index (Phi) is 2.98. The molecule has 3 aromatic rings. The molecule has 0 saturated carbocycles. The first-order valence-corrected chi connectivity index (χ1v) is 6.32. The first-order chi connectivity index (χ1) is 9.22. The van der Waals surface area contributed by atoms with E-state index in [1.54, 1.807) is 0 Å². The Bertz CT molecular complexity index is 681. The van der Waals surface area contributed by atoms with Gasteiger partial charge in [-0.05, 0) is 34.0 Å². The zero-order valence-corrected chi connectivity index (χ0v) is 11.0. The summed E-state index contributed by atoms with van der Waals surface area (Å²) in [5, 5.41) is 11.9. The largest absolute Gasteiger partial charge is 0.335 e. The average molecular weight is 255 g/mol. The van der Waals surface area contributed by atoms with Gasteiger partial charge >= 0.3 is 0 Å². The van der Waals surface area contributed by atoms with Gasteiger partial charge in [-0.1, -0.05) is 19.9 Å². The topological polar surface area (TPSA) is 72.3 Å². The maximum Gasteiger partial charge on any atom is 0.174 e. The number of rotatable bonds is 4. The molecule has 3 rings (SSSR count). The maximum absolute atomic E-state index is 4.14. The number of H-pyrrole nitrogens is 1. The van der Waals surface area contributed by atoms with Crippen LogP contribution in [0.4, 0.5) is 0 Å². The van der Waals surface area contributed by atoms with Crippen LogP contribution in [0, 0.1) is 12.2 Å². The van der Waals surface area contributed by atoms with Crippen molar-refractivity contribution in [3.63, 3.8) is 0 Å². The average Bonchev–Trinajstić information content (AvgIpc) is 2.98. The molecule has 19 heavy (non-hydrogen) atoms. The molecule has 0 fully saturated rings. The van der Waals surface area contributed by atoms with Crippen LogP contribution in [0.3, 0.4) is 0 Å². The number of fused-ring (bicyclic) bond motifs is 1. The summed E-state index contributed by atoms with van der Waals surface area (Å²) in [6, 6.07) is 6.10. The van der Waals surface area contributed by atoms with E-state index in [4.69, 9.17) is 0 Å². The minimum absolute atomic E-state index is 0.519. The first-order valence-electron chi connectivity index (χ1n) is 6.32. The van der Waals surface area contributed by atoms with Crippen molar-refractivity contribution in [2.24, 2.45) is 5.92 Å². The Morgan fingerprint density at radius 1 is 1.37 bits per heavy atom. The van der Waals surface area contributed by atoms with Crippen LogP contribution in [0.5, 0.6) is 0 Å². The third-order valence-corrected chi connectivity index (χ3v) is 2.94. The van der Waals surface area contributed by atoms with E-state index in [-0.39, 0.29) is 0 Å². The number of imidazole rings is 1. The number of aromatic amines is 1. The number of nitrogens with one attached hydrogen (secondary N) is 1. The fourth-order valence-corrected chi connectivity index (χ4v) is 2.05. The number of tetrazole rings is 1. The SMILES string of the molecule is CC(C)Cn1nnnc1Cc1ccc2[nH][c]nc2c1. The quantitative estimate of drug-likeness (QED) is 0.768. The number of nitrogens with zero attached hydrogens (tertiary/aromatic N) is 5. The molecule has 0 amide bonds. The lowest BCUT2D eigenvalue weighted by molar-refractivity contribution is 0.460. The molecule has 0 aliphatic rings. The van der Waals surface area contributed by atoms with E-state index in [0.29, 0.717) is 12.3 Å². The molecule has 1 aromatic carbocycles. The van der Waals surface area contributed by atoms with Crippen molar-refractivity contribution in [1.82, 2.24) is 30.2 Å². The first kappa shape index (κ1) is 11.8. The normalized spacial score (nSPS) is 11.5. The Hall–Kier alpha value is -2.24. The van der Waals surface area contributed by atoms with Crippen LogP contribution in [0.25, 0.3) is 11.0 Å². The van der Waals surface area contributed by atoms with Gasteiger partial charge in [-0.3, -0.25) is 0 Å². The summed E-state index contributed by atoms with van der Waals surface area (Å²) in [6.07, 6.45) is 3.45. The summed E-state index contributed by atoms with van der Waals surface area (Å²) in [4.78, 5) is 7.10. The van der Waals surface area contributed by atoms with E-state index in [9.17, 15) is 0 Å². The molecule has 6 heteroatoms.